The number of nitrogens with one attached hydrogen (secondary N) is 1. The van der Waals surface area contributed by atoms with E-state index in [0.717, 1.165) is 10.0 Å². The smallest absolute Gasteiger partial charge is 0.352 e. The van der Waals surface area contributed by atoms with Crippen molar-refractivity contribution in [2.45, 2.75) is 6.92 Å². The van der Waals surface area contributed by atoms with Gasteiger partial charge >= 0.3 is 5.97 Å². The molecule has 0 aliphatic heterocycles. The lowest BCUT2D eigenvalue weighted by atomic mass is 10.3. The van der Waals surface area contributed by atoms with Crippen LogP contribution in [-0.4, -0.2) is 16.1 Å². The van der Waals surface area contributed by atoms with Gasteiger partial charge in [0.2, 0.25) is 0 Å². The Morgan fingerprint density at radius 3 is 2.60 bits per heavy atom. The van der Waals surface area contributed by atoms with Crippen LogP contribution >= 0.6 is 15.9 Å². The van der Waals surface area contributed by atoms with Crippen LogP contribution in [0.25, 0.3) is 0 Å². The third kappa shape index (κ3) is 1.07. The van der Waals surface area contributed by atoms with Crippen LogP contribution in [0.1, 0.15) is 16.1 Å². The van der Waals surface area contributed by atoms with E-state index in [2.05, 4.69) is 20.9 Å². The van der Waals surface area contributed by atoms with E-state index in [-0.39, 0.29) is 5.69 Å². The average molecular weight is 204 g/mol. The van der Waals surface area contributed by atoms with E-state index in [1.54, 1.807) is 13.1 Å². The van der Waals surface area contributed by atoms with Gasteiger partial charge in [-0.25, -0.2) is 4.79 Å². The van der Waals surface area contributed by atoms with E-state index < -0.39 is 5.97 Å². The predicted octanol–water partition coefficient (Wildman–Crippen LogP) is 1.78. The summed E-state index contributed by atoms with van der Waals surface area (Å²) >= 11 is 3.19. The summed E-state index contributed by atoms with van der Waals surface area (Å²) in [4.78, 5) is 13.0. The monoisotopic (exact) mass is 203 g/mol. The lowest BCUT2D eigenvalue weighted by Gasteiger charge is -1.89. The van der Waals surface area contributed by atoms with E-state index in [0.29, 0.717) is 0 Å². The summed E-state index contributed by atoms with van der Waals surface area (Å²) < 4.78 is 0.796. The molecule has 3 nitrogen and oxygen atoms in total. The van der Waals surface area contributed by atoms with Crippen LogP contribution in [0, 0.1) is 6.92 Å². The largest absolute Gasteiger partial charge is 0.477 e. The molecule has 54 valence electrons. The zero-order valence-electron chi connectivity index (χ0n) is 5.31. The quantitative estimate of drug-likeness (QED) is 0.732. The highest BCUT2D eigenvalue weighted by Crippen LogP contribution is 2.18. The maximum atomic E-state index is 10.4. The number of carboxylic acid groups (broad SMARTS) is 1. The fourth-order valence-corrected chi connectivity index (χ4v) is 1.01. The minimum absolute atomic E-state index is 0.242. The summed E-state index contributed by atoms with van der Waals surface area (Å²) in [5.41, 5.74) is 0.972. The molecule has 1 heterocycles. The van der Waals surface area contributed by atoms with Gasteiger partial charge in [-0.3, -0.25) is 0 Å². The van der Waals surface area contributed by atoms with Gasteiger partial charge < -0.3 is 10.1 Å². The first-order valence-electron chi connectivity index (χ1n) is 2.69. The highest BCUT2D eigenvalue weighted by molar-refractivity contribution is 9.10. The van der Waals surface area contributed by atoms with Crippen molar-refractivity contribution in [2.24, 2.45) is 0 Å². The van der Waals surface area contributed by atoms with Crippen LogP contribution in [-0.2, 0) is 0 Å². The van der Waals surface area contributed by atoms with Crippen molar-refractivity contribution in [3.05, 3.63) is 21.9 Å². The van der Waals surface area contributed by atoms with Gasteiger partial charge in [-0.15, -0.1) is 0 Å². The topological polar surface area (TPSA) is 53.1 Å². The number of carboxylic acids is 1. The summed E-state index contributed by atoms with van der Waals surface area (Å²) in [5.74, 6) is -0.928. The molecule has 0 aliphatic carbocycles. The minimum Gasteiger partial charge on any atom is -0.477 e. The van der Waals surface area contributed by atoms with Gasteiger partial charge in [0, 0.05) is 10.7 Å². The number of aromatic nitrogens is 1. The minimum atomic E-state index is -0.928. The van der Waals surface area contributed by atoms with Crippen molar-refractivity contribution in [3.8, 4) is 0 Å². The van der Waals surface area contributed by atoms with Gasteiger partial charge in [-0.05, 0) is 28.4 Å². The zero-order valence-corrected chi connectivity index (χ0v) is 6.90. The number of rotatable bonds is 1. The van der Waals surface area contributed by atoms with Gasteiger partial charge in [0.25, 0.3) is 0 Å². The van der Waals surface area contributed by atoms with E-state index in [4.69, 9.17) is 5.11 Å². The van der Waals surface area contributed by atoms with Crippen LogP contribution in [0.4, 0.5) is 0 Å². The third-order valence-electron chi connectivity index (χ3n) is 1.29. The van der Waals surface area contributed by atoms with Gasteiger partial charge in [0.05, 0.1) is 0 Å². The summed E-state index contributed by atoms with van der Waals surface area (Å²) in [6.07, 6.45) is 1.61. The van der Waals surface area contributed by atoms with Crippen molar-refractivity contribution in [1.82, 2.24) is 4.98 Å². The fraction of sp³-hybridized carbons (Fsp3) is 0.167. The van der Waals surface area contributed by atoms with E-state index in [1.165, 1.54) is 0 Å². The number of halogens is 1. The molecular weight excluding hydrogens is 198 g/mol. The highest BCUT2D eigenvalue weighted by Gasteiger charge is 2.10. The van der Waals surface area contributed by atoms with Crippen LogP contribution in [0.2, 0.25) is 0 Å². The second-order valence-electron chi connectivity index (χ2n) is 1.94. The molecule has 4 heteroatoms. The van der Waals surface area contributed by atoms with Crippen LogP contribution < -0.4 is 0 Å². The van der Waals surface area contributed by atoms with Crippen molar-refractivity contribution in [1.29, 1.82) is 0 Å². The molecule has 0 saturated carbocycles. The fourth-order valence-electron chi connectivity index (χ4n) is 0.694. The summed E-state index contributed by atoms with van der Waals surface area (Å²) in [6.45, 7) is 1.74. The molecule has 1 aromatic heterocycles. The molecule has 1 rings (SSSR count). The number of aromatic carboxylic acids is 1. The Balaban J connectivity index is 3.17. The first-order valence-corrected chi connectivity index (χ1v) is 3.49. The predicted molar refractivity (Wildman–Crippen MR) is 40.2 cm³/mol. The standard InChI is InChI=1S/C6H6BrNO2/c1-3-4(7)2-8-5(3)6(9)10/h2,8H,1H3,(H,9,10). The summed E-state index contributed by atoms with van der Waals surface area (Å²) in [5, 5.41) is 8.53. The van der Waals surface area contributed by atoms with Crippen molar-refractivity contribution in [2.75, 3.05) is 0 Å². The second-order valence-corrected chi connectivity index (χ2v) is 2.80. The lowest BCUT2D eigenvalue weighted by Crippen LogP contribution is -1.97. The van der Waals surface area contributed by atoms with E-state index in [1.807, 2.05) is 0 Å². The van der Waals surface area contributed by atoms with Gasteiger partial charge in [-0.1, -0.05) is 0 Å². The number of hydrogen-bond acceptors (Lipinski definition) is 1. The Morgan fingerprint density at radius 1 is 1.80 bits per heavy atom. The average Bonchev–Trinajstić information content (AvgIpc) is 2.14. The van der Waals surface area contributed by atoms with E-state index >= 15 is 0 Å². The molecule has 0 aromatic carbocycles. The Morgan fingerprint density at radius 2 is 2.40 bits per heavy atom. The zero-order chi connectivity index (χ0) is 7.72. The molecule has 10 heavy (non-hydrogen) atoms. The Hall–Kier alpha value is -0.770. The van der Waals surface area contributed by atoms with Crippen LogP contribution in [0.5, 0.6) is 0 Å². The second kappa shape index (κ2) is 2.46. The number of hydrogen-bond donors (Lipinski definition) is 2. The summed E-state index contributed by atoms with van der Waals surface area (Å²) in [7, 11) is 0. The molecule has 0 amide bonds. The van der Waals surface area contributed by atoms with Gasteiger partial charge in [0.1, 0.15) is 5.69 Å². The van der Waals surface area contributed by atoms with Gasteiger partial charge in [0.15, 0.2) is 0 Å². The maximum absolute atomic E-state index is 10.4. The highest BCUT2D eigenvalue weighted by atomic mass is 79.9. The molecule has 0 fully saturated rings. The molecule has 0 spiro atoms. The lowest BCUT2D eigenvalue weighted by molar-refractivity contribution is 0.0690. The van der Waals surface area contributed by atoms with Crippen LogP contribution in [0.15, 0.2) is 10.7 Å². The molecule has 2 N–H and O–H groups in total. The van der Waals surface area contributed by atoms with Crippen molar-refractivity contribution in [3.63, 3.8) is 0 Å². The van der Waals surface area contributed by atoms with E-state index in [9.17, 15) is 4.79 Å². The SMILES string of the molecule is Cc1c(Br)c[nH]c1C(=O)O. The molecule has 0 radical (unpaired) electrons. The maximum Gasteiger partial charge on any atom is 0.352 e. The normalized spacial score (nSPS) is 9.80. The summed E-state index contributed by atoms with van der Waals surface area (Å²) in [6, 6.07) is 0. The number of aromatic amines is 1. The molecule has 0 atom stereocenters. The molecule has 0 saturated heterocycles. The van der Waals surface area contributed by atoms with Crippen LogP contribution in [0.3, 0.4) is 0 Å². The molecule has 0 aliphatic rings. The Kier molecular flexibility index (Phi) is 1.80. The van der Waals surface area contributed by atoms with Gasteiger partial charge in [-0.2, -0.15) is 0 Å². The molecule has 0 unspecified atom stereocenters. The Labute approximate surface area is 66.2 Å². The first-order chi connectivity index (χ1) is 4.63. The Bertz CT molecular complexity index is 267. The number of H-pyrrole nitrogens is 1. The third-order valence-corrected chi connectivity index (χ3v) is 2.11. The number of carbonyl (C=O) groups is 1. The van der Waals surface area contributed by atoms with Crippen molar-refractivity contribution < 1.29 is 9.90 Å². The molecule has 1 aromatic rings. The molecule has 0 bridgehead atoms. The van der Waals surface area contributed by atoms with Crippen molar-refractivity contribution >= 4 is 21.9 Å². The first kappa shape index (κ1) is 7.34. The molecular formula is C6H6BrNO2.